The molecule has 1 atom stereocenters. The van der Waals surface area contributed by atoms with Gasteiger partial charge in [-0.2, -0.15) is 0 Å². The van der Waals surface area contributed by atoms with Crippen LogP contribution in [0.4, 0.5) is 5.69 Å². The lowest BCUT2D eigenvalue weighted by Gasteiger charge is -2.24. The molecule has 0 spiro atoms. The van der Waals surface area contributed by atoms with Crippen LogP contribution in [0.25, 0.3) is 0 Å². The zero-order valence-corrected chi connectivity index (χ0v) is 13.9. The molecule has 126 valence electrons. The van der Waals surface area contributed by atoms with E-state index in [1.807, 2.05) is 19.1 Å². The summed E-state index contributed by atoms with van der Waals surface area (Å²) in [6.45, 7) is 2.49. The van der Waals surface area contributed by atoms with Crippen molar-refractivity contribution in [2.45, 2.75) is 25.8 Å². The summed E-state index contributed by atoms with van der Waals surface area (Å²) in [5, 5.41) is 0. The Morgan fingerprint density at radius 2 is 1.76 bits per heavy atom. The van der Waals surface area contributed by atoms with Crippen LogP contribution in [0.2, 0.25) is 0 Å². The van der Waals surface area contributed by atoms with E-state index in [9.17, 15) is 14.4 Å². The first-order valence-electron chi connectivity index (χ1n) is 8.43. The van der Waals surface area contributed by atoms with Crippen molar-refractivity contribution in [1.82, 2.24) is 4.90 Å². The number of aryl methyl sites for hydroxylation is 1. The van der Waals surface area contributed by atoms with Crippen LogP contribution in [0.1, 0.15) is 39.1 Å². The highest BCUT2D eigenvalue weighted by molar-refractivity contribution is 6.26. The average Bonchev–Trinajstić information content (AvgIpc) is 3.09. The van der Waals surface area contributed by atoms with Gasteiger partial charge in [0.05, 0.1) is 11.3 Å². The Kier molecular flexibility index (Phi) is 3.64. The molecule has 0 N–H and O–H groups in total. The third-order valence-electron chi connectivity index (χ3n) is 4.90. The first-order chi connectivity index (χ1) is 12.1. The SMILES string of the molecule is Cc1ccc(C(=O)N2C(=O)[C@H]3CCCN3C(=O)c3ccccc32)cc1. The average molecular weight is 334 g/mol. The van der Waals surface area contributed by atoms with Gasteiger partial charge < -0.3 is 4.90 Å². The molecule has 5 nitrogen and oxygen atoms in total. The van der Waals surface area contributed by atoms with E-state index in [1.165, 1.54) is 4.90 Å². The van der Waals surface area contributed by atoms with Crippen LogP contribution >= 0.6 is 0 Å². The Morgan fingerprint density at radius 3 is 2.52 bits per heavy atom. The highest BCUT2D eigenvalue weighted by atomic mass is 16.2. The Balaban J connectivity index is 1.85. The van der Waals surface area contributed by atoms with Gasteiger partial charge in [0.25, 0.3) is 17.7 Å². The summed E-state index contributed by atoms with van der Waals surface area (Å²) < 4.78 is 0. The highest BCUT2D eigenvalue weighted by Gasteiger charge is 2.44. The summed E-state index contributed by atoms with van der Waals surface area (Å²) in [6.07, 6.45) is 1.37. The molecule has 2 aromatic carbocycles. The maximum Gasteiger partial charge on any atom is 0.265 e. The molecule has 0 aromatic heterocycles. The number of hydrogen-bond acceptors (Lipinski definition) is 3. The zero-order valence-electron chi connectivity index (χ0n) is 13.9. The minimum atomic E-state index is -0.561. The fourth-order valence-corrected chi connectivity index (χ4v) is 3.57. The number of para-hydroxylation sites is 1. The smallest absolute Gasteiger partial charge is 0.265 e. The second-order valence-corrected chi connectivity index (χ2v) is 6.52. The molecule has 2 heterocycles. The second kappa shape index (κ2) is 5.84. The predicted molar refractivity (Wildman–Crippen MR) is 93.5 cm³/mol. The molecule has 5 heteroatoms. The minimum Gasteiger partial charge on any atom is -0.327 e. The van der Waals surface area contributed by atoms with E-state index in [-0.39, 0.29) is 17.7 Å². The van der Waals surface area contributed by atoms with Crippen LogP contribution in [0, 0.1) is 6.92 Å². The number of imide groups is 1. The highest BCUT2D eigenvalue weighted by Crippen LogP contribution is 2.33. The van der Waals surface area contributed by atoms with Gasteiger partial charge in [0, 0.05) is 12.1 Å². The quantitative estimate of drug-likeness (QED) is 0.754. The van der Waals surface area contributed by atoms with Crippen LogP contribution in [0.15, 0.2) is 48.5 Å². The Labute approximate surface area is 145 Å². The fraction of sp³-hybridized carbons (Fsp3) is 0.250. The summed E-state index contributed by atoms with van der Waals surface area (Å²) in [6, 6.07) is 13.4. The van der Waals surface area contributed by atoms with Crippen molar-refractivity contribution in [1.29, 1.82) is 0 Å². The molecule has 1 fully saturated rings. The maximum atomic E-state index is 13.1. The van der Waals surface area contributed by atoms with Crippen molar-refractivity contribution < 1.29 is 14.4 Å². The number of nitrogens with zero attached hydrogens (tertiary/aromatic N) is 2. The molecule has 0 radical (unpaired) electrons. The van der Waals surface area contributed by atoms with Crippen LogP contribution in [0.5, 0.6) is 0 Å². The van der Waals surface area contributed by atoms with Crippen molar-refractivity contribution in [3.63, 3.8) is 0 Å². The van der Waals surface area contributed by atoms with E-state index in [4.69, 9.17) is 0 Å². The van der Waals surface area contributed by atoms with E-state index in [1.54, 1.807) is 41.3 Å². The summed E-state index contributed by atoms with van der Waals surface area (Å²) >= 11 is 0. The number of anilines is 1. The number of amides is 3. The third-order valence-corrected chi connectivity index (χ3v) is 4.90. The number of hydrogen-bond donors (Lipinski definition) is 0. The van der Waals surface area contributed by atoms with Gasteiger partial charge in [-0.25, -0.2) is 4.90 Å². The zero-order chi connectivity index (χ0) is 17.6. The van der Waals surface area contributed by atoms with E-state index in [2.05, 4.69) is 0 Å². The monoisotopic (exact) mass is 334 g/mol. The molecule has 0 bridgehead atoms. The molecule has 4 rings (SSSR count). The fourth-order valence-electron chi connectivity index (χ4n) is 3.57. The van der Waals surface area contributed by atoms with Gasteiger partial charge in [0.2, 0.25) is 0 Å². The number of fused-ring (bicyclic) bond motifs is 2. The maximum absolute atomic E-state index is 13.1. The van der Waals surface area contributed by atoms with E-state index >= 15 is 0 Å². The number of benzene rings is 2. The van der Waals surface area contributed by atoms with Crippen LogP contribution in [0.3, 0.4) is 0 Å². The molecular formula is C20H18N2O3. The molecule has 0 saturated carbocycles. The molecule has 0 unspecified atom stereocenters. The normalized spacial score (nSPS) is 19.5. The second-order valence-electron chi connectivity index (χ2n) is 6.52. The van der Waals surface area contributed by atoms with Crippen molar-refractivity contribution in [2.75, 3.05) is 11.4 Å². The first kappa shape index (κ1) is 15.6. The van der Waals surface area contributed by atoms with Gasteiger partial charge in [0.1, 0.15) is 6.04 Å². The van der Waals surface area contributed by atoms with E-state index < -0.39 is 6.04 Å². The molecular weight excluding hydrogens is 316 g/mol. The molecule has 1 saturated heterocycles. The topological polar surface area (TPSA) is 57.7 Å². The van der Waals surface area contributed by atoms with Gasteiger partial charge in [-0.3, -0.25) is 14.4 Å². The lowest BCUT2D eigenvalue weighted by molar-refractivity contribution is -0.121. The van der Waals surface area contributed by atoms with Gasteiger partial charge in [-0.15, -0.1) is 0 Å². The molecule has 2 aliphatic heterocycles. The third kappa shape index (κ3) is 2.43. The summed E-state index contributed by atoms with van der Waals surface area (Å²) in [5.74, 6) is -0.883. The Morgan fingerprint density at radius 1 is 1.04 bits per heavy atom. The van der Waals surface area contributed by atoms with Crippen molar-refractivity contribution in [2.24, 2.45) is 0 Å². The minimum absolute atomic E-state index is 0.175. The molecule has 0 aliphatic carbocycles. The van der Waals surface area contributed by atoms with Crippen molar-refractivity contribution in [3.8, 4) is 0 Å². The molecule has 3 amide bonds. The number of carbonyl (C=O) groups excluding carboxylic acids is 3. The van der Waals surface area contributed by atoms with Gasteiger partial charge in [-0.05, 0) is 44.0 Å². The Bertz CT molecular complexity index is 873. The van der Waals surface area contributed by atoms with Gasteiger partial charge >= 0.3 is 0 Å². The van der Waals surface area contributed by atoms with Crippen molar-refractivity contribution in [3.05, 3.63) is 65.2 Å². The van der Waals surface area contributed by atoms with E-state index in [0.717, 1.165) is 12.0 Å². The largest absolute Gasteiger partial charge is 0.327 e. The standard InChI is InChI=1S/C20H18N2O3/c1-13-8-10-14(11-9-13)18(23)22-16-6-3-2-5-15(16)19(24)21-12-4-7-17(21)20(22)25/h2-3,5-6,8-11,17H,4,7,12H2,1H3/t17-/m1/s1. The summed E-state index contributed by atoms with van der Waals surface area (Å²) in [5.41, 5.74) is 2.25. The van der Waals surface area contributed by atoms with Crippen LogP contribution in [-0.4, -0.2) is 35.2 Å². The molecule has 2 aromatic rings. The molecule has 25 heavy (non-hydrogen) atoms. The Hall–Kier alpha value is -2.95. The van der Waals surface area contributed by atoms with E-state index in [0.29, 0.717) is 29.8 Å². The van der Waals surface area contributed by atoms with Crippen LogP contribution in [-0.2, 0) is 4.79 Å². The number of carbonyl (C=O) groups is 3. The predicted octanol–water partition coefficient (Wildman–Crippen LogP) is 2.79. The van der Waals surface area contributed by atoms with Crippen molar-refractivity contribution >= 4 is 23.4 Å². The number of rotatable bonds is 1. The lowest BCUT2D eigenvalue weighted by Crippen LogP contribution is -2.47. The first-order valence-corrected chi connectivity index (χ1v) is 8.43. The van der Waals surface area contributed by atoms with Crippen LogP contribution < -0.4 is 4.90 Å². The summed E-state index contributed by atoms with van der Waals surface area (Å²) in [4.78, 5) is 41.9. The summed E-state index contributed by atoms with van der Waals surface area (Å²) in [7, 11) is 0. The lowest BCUT2D eigenvalue weighted by atomic mass is 10.1. The molecule has 2 aliphatic rings. The van der Waals surface area contributed by atoms with Gasteiger partial charge in [-0.1, -0.05) is 29.8 Å². The van der Waals surface area contributed by atoms with Gasteiger partial charge in [0.15, 0.2) is 0 Å².